The lowest BCUT2D eigenvalue weighted by Gasteiger charge is -2.66. The number of hydrogen-bond acceptors (Lipinski definition) is 12. The average molecular weight is 593 g/mol. The Kier molecular flexibility index (Phi) is 9.73. The fourth-order valence-electron chi connectivity index (χ4n) is 6.82. The fraction of sp³-hybridized carbons (Fsp3) is 0.633. The molecular formula is C30H40O12. The molecule has 0 aliphatic heterocycles. The van der Waals surface area contributed by atoms with Gasteiger partial charge >= 0.3 is 29.8 Å². The third-order valence-electron chi connectivity index (χ3n) is 8.32. The van der Waals surface area contributed by atoms with Crippen molar-refractivity contribution in [1.82, 2.24) is 0 Å². The van der Waals surface area contributed by atoms with E-state index < -0.39 is 89.3 Å². The van der Waals surface area contributed by atoms with Gasteiger partial charge in [-0.15, -0.1) is 0 Å². The maximum absolute atomic E-state index is 13.5. The molecule has 0 spiro atoms. The molecule has 0 aromatic heterocycles. The molecule has 2 fully saturated rings. The van der Waals surface area contributed by atoms with E-state index >= 15 is 0 Å². The molecular weight excluding hydrogens is 552 g/mol. The standard InChI is InChI=1S/C30H40O12/c1-16-13-23(35)26(40-19(4)33)29(15-38-17(2)31)24(41-27(36)21-11-9-8-10-12-21)14-22(28(6,7)37)25(39-18(3)32)30(16,29)42-20(5)34/h8-12,16,22-26,35,37H,13-15H2,1-7H3/t16-,22-,23+,24+,25-,26+,29-,30-/m0/s1. The molecule has 2 N–H and O–H groups in total. The van der Waals surface area contributed by atoms with Crippen LogP contribution in [0.3, 0.4) is 0 Å². The zero-order valence-electron chi connectivity index (χ0n) is 24.9. The van der Waals surface area contributed by atoms with Gasteiger partial charge in [0.05, 0.1) is 17.3 Å². The Balaban J connectivity index is 2.46. The first-order valence-electron chi connectivity index (χ1n) is 13.8. The SMILES string of the molecule is CC(=O)OC[C@]12[C@H](OC(C)=O)[C@H](O)C[C@H](C)[C@]1(OC(C)=O)[C@@H](OC(C)=O)[C@@H](C(C)(C)O)C[C@H]2OC(=O)c1ccccc1. The topological polar surface area (TPSA) is 172 Å². The van der Waals surface area contributed by atoms with Gasteiger partial charge in [0.2, 0.25) is 0 Å². The quantitative estimate of drug-likeness (QED) is 0.333. The van der Waals surface area contributed by atoms with Gasteiger partial charge in [-0.2, -0.15) is 0 Å². The normalized spacial score (nSPS) is 32.5. The molecule has 1 aromatic rings. The van der Waals surface area contributed by atoms with Gasteiger partial charge in [-0.3, -0.25) is 19.2 Å². The lowest BCUT2D eigenvalue weighted by molar-refractivity contribution is -0.343. The molecule has 1 aromatic carbocycles. The fourth-order valence-corrected chi connectivity index (χ4v) is 6.82. The molecule has 0 bridgehead atoms. The zero-order chi connectivity index (χ0) is 31.6. The van der Waals surface area contributed by atoms with Crippen LogP contribution in [0.2, 0.25) is 0 Å². The Hall–Kier alpha value is -3.51. The van der Waals surface area contributed by atoms with Crippen molar-refractivity contribution in [2.45, 2.75) is 96.9 Å². The largest absolute Gasteiger partial charge is 0.465 e. The number of hydrogen-bond donors (Lipinski definition) is 2. The van der Waals surface area contributed by atoms with E-state index in [1.54, 1.807) is 25.1 Å². The number of esters is 5. The van der Waals surface area contributed by atoms with Crippen LogP contribution in [0.25, 0.3) is 0 Å². The molecule has 232 valence electrons. The van der Waals surface area contributed by atoms with E-state index in [-0.39, 0.29) is 18.4 Å². The van der Waals surface area contributed by atoms with E-state index in [9.17, 15) is 34.2 Å². The van der Waals surface area contributed by atoms with Crippen molar-refractivity contribution in [3.63, 3.8) is 0 Å². The number of benzene rings is 1. The Labute approximate surface area is 244 Å². The smallest absolute Gasteiger partial charge is 0.338 e. The minimum absolute atomic E-state index is 0.122. The molecule has 0 saturated heterocycles. The monoisotopic (exact) mass is 592 g/mol. The van der Waals surface area contributed by atoms with Crippen molar-refractivity contribution in [2.24, 2.45) is 17.3 Å². The Bertz CT molecular complexity index is 1190. The molecule has 0 unspecified atom stereocenters. The van der Waals surface area contributed by atoms with E-state index in [1.165, 1.54) is 26.0 Å². The lowest BCUT2D eigenvalue weighted by atomic mass is 9.46. The number of carbonyl (C=O) groups is 5. The van der Waals surface area contributed by atoms with Crippen LogP contribution in [0.1, 0.15) is 71.7 Å². The van der Waals surface area contributed by atoms with Gasteiger partial charge in [0.15, 0.2) is 5.60 Å². The number of ether oxygens (including phenoxy) is 5. The van der Waals surface area contributed by atoms with Crippen LogP contribution in [0.4, 0.5) is 0 Å². The predicted octanol–water partition coefficient (Wildman–Crippen LogP) is 2.12. The van der Waals surface area contributed by atoms with E-state index in [2.05, 4.69) is 0 Å². The Morgan fingerprint density at radius 3 is 1.93 bits per heavy atom. The Morgan fingerprint density at radius 1 is 0.857 bits per heavy atom. The summed E-state index contributed by atoms with van der Waals surface area (Å²) in [6.45, 7) is 8.39. The van der Waals surface area contributed by atoms with Gasteiger partial charge in [0.25, 0.3) is 0 Å². The molecule has 0 radical (unpaired) electrons. The lowest BCUT2D eigenvalue weighted by Crippen LogP contribution is -2.82. The number of carbonyl (C=O) groups excluding carboxylic acids is 5. The second kappa shape index (κ2) is 12.4. The minimum atomic E-state index is -2.04. The number of aliphatic hydroxyl groups is 2. The maximum Gasteiger partial charge on any atom is 0.338 e. The van der Waals surface area contributed by atoms with Gasteiger partial charge in [-0.05, 0) is 38.8 Å². The van der Waals surface area contributed by atoms with Gasteiger partial charge in [0, 0.05) is 39.5 Å². The van der Waals surface area contributed by atoms with Crippen molar-refractivity contribution >= 4 is 29.8 Å². The average Bonchev–Trinajstić information content (AvgIpc) is 2.86. The molecule has 12 heteroatoms. The third-order valence-corrected chi connectivity index (χ3v) is 8.32. The first-order chi connectivity index (χ1) is 19.5. The maximum atomic E-state index is 13.5. The molecule has 2 saturated carbocycles. The number of aliphatic hydroxyl groups excluding tert-OH is 1. The van der Waals surface area contributed by atoms with Gasteiger partial charge in [0.1, 0.15) is 30.3 Å². The molecule has 2 aliphatic rings. The second-order valence-corrected chi connectivity index (χ2v) is 11.7. The van der Waals surface area contributed by atoms with Crippen LogP contribution in [-0.4, -0.2) is 82.3 Å². The first kappa shape index (κ1) is 33.0. The first-order valence-corrected chi connectivity index (χ1v) is 13.8. The predicted molar refractivity (Wildman–Crippen MR) is 145 cm³/mol. The van der Waals surface area contributed by atoms with Crippen molar-refractivity contribution in [3.8, 4) is 0 Å². The third kappa shape index (κ3) is 6.14. The molecule has 12 nitrogen and oxygen atoms in total. The Morgan fingerprint density at radius 2 is 1.43 bits per heavy atom. The molecule has 3 rings (SSSR count). The van der Waals surface area contributed by atoms with Crippen LogP contribution >= 0.6 is 0 Å². The van der Waals surface area contributed by atoms with Crippen molar-refractivity contribution in [1.29, 1.82) is 0 Å². The van der Waals surface area contributed by atoms with Crippen molar-refractivity contribution in [3.05, 3.63) is 35.9 Å². The van der Waals surface area contributed by atoms with Crippen LogP contribution in [0.5, 0.6) is 0 Å². The van der Waals surface area contributed by atoms with Crippen LogP contribution in [0, 0.1) is 17.3 Å². The zero-order valence-corrected chi connectivity index (χ0v) is 24.9. The highest BCUT2D eigenvalue weighted by Crippen LogP contribution is 2.63. The van der Waals surface area contributed by atoms with Crippen LogP contribution in [0.15, 0.2) is 30.3 Å². The van der Waals surface area contributed by atoms with Gasteiger partial charge in [-0.1, -0.05) is 25.1 Å². The molecule has 0 heterocycles. The highest BCUT2D eigenvalue weighted by molar-refractivity contribution is 5.89. The summed E-state index contributed by atoms with van der Waals surface area (Å²) in [5.41, 5.74) is -5.48. The number of fused-ring (bicyclic) bond motifs is 1. The summed E-state index contributed by atoms with van der Waals surface area (Å²) in [4.78, 5) is 63.8. The molecule has 2 aliphatic carbocycles. The summed E-state index contributed by atoms with van der Waals surface area (Å²) >= 11 is 0. The van der Waals surface area contributed by atoms with E-state index in [0.717, 1.165) is 27.7 Å². The highest BCUT2D eigenvalue weighted by Gasteiger charge is 2.79. The van der Waals surface area contributed by atoms with E-state index in [1.807, 2.05) is 0 Å². The van der Waals surface area contributed by atoms with Crippen molar-refractivity contribution in [2.75, 3.05) is 6.61 Å². The summed E-state index contributed by atoms with van der Waals surface area (Å²) in [5, 5.41) is 22.8. The molecule has 8 atom stereocenters. The molecule has 42 heavy (non-hydrogen) atoms. The summed E-state index contributed by atoms with van der Waals surface area (Å²) in [6.07, 6.45) is -6.14. The summed E-state index contributed by atoms with van der Waals surface area (Å²) in [6, 6.07) is 7.98. The van der Waals surface area contributed by atoms with E-state index in [4.69, 9.17) is 23.7 Å². The summed E-state index contributed by atoms with van der Waals surface area (Å²) in [5.74, 6) is -5.90. The van der Waals surface area contributed by atoms with Gasteiger partial charge < -0.3 is 33.9 Å². The molecule has 0 amide bonds. The summed E-state index contributed by atoms with van der Waals surface area (Å²) < 4.78 is 29.3. The minimum Gasteiger partial charge on any atom is -0.465 e. The van der Waals surface area contributed by atoms with Crippen molar-refractivity contribution < 1.29 is 57.9 Å². The highest BCUT2D eigenvalue weighted by atomic mass is 16.6. The van der Waals surface area contributed by atoms with E-state index in [0.29, 0.717) is 0 Å². The number of rotatable bonds is 8. The summed E-state index contributed by atoms with van der Waals surface area (Å²) in [7, 11) is 0. The van der Waals surface area contributed by atoms with Crippen LogP contribution in [-0.2, 0) is 42.9 Å². The second-order valence-electron chi connectivity index (χ2n) is 11.7. The van der Waals surface area contributed by atoms with Gasteiger partial charge in [-0.25, -0.2) is 4.79 Å². The van der Waals surface area contributed by atoms with Crippen LogP contribution < -0.4 is 0 Å².